The number of aryl methyl sites for hydroxylation is 1. The number of alkyl halides is 2. The van der Waals surface area contributed by atoms with Crippen molar-refractivity contribution in [2.75, 3.05) is 0 Å². The number of sulfone groups is 1. The van der Waals surface area contributed by atoms with Crippen LogP contribution in [-0.4, -0.2) is 20.1 Å². The molecule has 128 valence electrons. The molecule has 0 aliphatic rings. The van der Waals surface area contributed by atoms with Gasteiger partial charge in [-0.2, -0.15) is 8.78 Å². The fourth-order valence-corrected chi connectivity index (χ4v) is 2.65. The molecule has 0 aromatic heterocycles. The number of benzene rings is 2. The smallest absolute Gasteiger partial charge is 0.341 e. The molecule has 2 aromatic carbocycles. The number of carbonyl (C=O) groups excluding carboxylic acids is 1. The summed E-state index contributed by atoms with van der Waals surface area (Å²) >= 11 is 0. The van der Waals surface area contributed by atoms with E-state index < -0.39 is 26.4 Å². The second-order valence-electron chi connectivity index (χ2n) is 5.10. The van der Waals surface area contributed by atoms with Crippen molar-refractivity contribution in [3.8, 4) is 0 Å². The number of nitrogens with one attached hydrogen (secondary N) is 1. The molecule has 0 aliphatic carbocycles. The normalized spacial score (nSPS) is 11.5. The topological polar surface area (TPSA) is 63.2 Å². The Balaban J connectivity index is 2.06. The molecule has 0 saturated carbocycles. The van der Waals surface area contributed by atoms with Crippen LogP contribution in [0.15, 0.2) is 47.4 Å². The number of hydrogen-bond acceptors (Lipinski definition) is 3. The first-order chi connectivity index (χ1) is 11.2. The van der Waals surface area contributed by atoms with Crippen LogP contribution in [0, 0.1) is 12.7 Å². The number of carbonyl (C=O) groups is 1. The van der Waals surface area contributed by atoms with Crippen LogP contribution in [0.3, 0.4) is 0 Å². The molecular weight excluding hydrogens is 343 g/mol. The van der Waals surface area contributed by atoms with E-state index in [2.05, 4.69) is 5.32 Å². The van der Waals surface area contributed by atoms with Crippen molar-refractivity contribution in [2.24, 2.45) is 0 Å². The molecule has 0 fully saturated rings. The van der Waals surface area contributed by atoms with Gasteiger partial charge in [-0.3, -0.25) is 4.79 Å². The van der Waals surface area contributed by atoms with Crippen LogP contribution in [0.25, 0.3) is 0 Å². The summed E-state index contributed by atoms with van der Waals surface area (Å²) in [6.45, 7) is 1.69. The van der Waals surface area contributed by atoms with Crippen molar-refractivity contribution in [2.45, 2.75) is 24.1 Å². The average Bonchev–Trinajstić information content (AvgIpc) is 2.55. The third kappa shape index (κ3) is 3.94. The summed E-state index contributed by atoms with van der Waals surface area (Å²) < 4.78 is 60.9. The number of halogens is 3. The summed E-state index contributed by atoms with van der Waals surface area (Å²) in [5.41, 5.74) is 1.15. The van der Waals surface area contributed by atoms with E-state index >= 15 is 0 Å². The Morgan fingerprint density at radius 3 is 2.29 bits per heavy atom. The fourth-order valence-electron chi connectivity index (χ4n) is 1.93. The van der Waals surface area contributed by atoms with Gasteiger partial charge in [0.25, 0.3) is 5.91 Å². The Labute approximate surface area is 137 Å². The van der Waals surface area contributed by atoms with Gasteiger partial charge in [-0.1, -0.05) is 12.1 Å². The summed E-state index contributed by atoms with van der Waals surface area (Å²) in [6, 6.07) is 8.72. The maximum atomic E-state index is 13.4. The molecule has 1 N–H and O–H groups in total. The van der Waals surface area contributed by atoms with Crippen molar-refractivity contribution >= 4 is 15.7 Å². The van der Waals surface area contributed by atoms with E-state index in [0.717, 1.165) is 24.3 Å². The minimum Gasteiger partial charge on any atom is -0.348 e. The van der Waals surface area contributed by atoms with E-state index in [9.17, 15) is 26.4 Å². The Kier molecular flexibility index (Phi) is 5.28. The van der Waals surface area contributed by atoms with E-state index in [4.69, 9.17) is 0 Å². The predicted octanol–water partition coefficient (Wildman–Crippen LogP) is 3.06. The first-order valence-corrected chi connectivity index (χ1v) is 8.42. The SMILES string of the molecule is Cc1ccc(CNC(=O)c2ccc(S(=O)(=O)C(F)F)cc2)cc1F. The maximum Gasteiger partial charge on any atom is 0.341 e. The van der Waals surface area contributed by atoms with Gasteiger partial charge in [0.2, 0.25) is 9.84 Å². The third-order valence-corrected chi connectivity index (χ3v) is 4.77. The molecule has 0 heterocycles. The van der Waals surface area contributed by atoms with Crippen molar-refractivity contribution < 1.29 is 26.4 Å². The molecule has 24 heavy (non-hydrogen) atoms. The monoisotopic (exact) mass is 357 g/mol. The highest BCUT2D eigenvalue weighted by molar-refractivity contribution is 7.91. The van der Waals surface area contributed by atoms with Gasteiger partial charge in [-0.25, -0.2) is 12.8 Å². The largest absolute Gasteiger partial charge is 0.348 e. The van der Waals surface area contributed by atoms with Crippen molar-refractivity contribution in [3.63, 3.8) is 0 Å². The summed E-state index contributed by atoms with van der Waals surface area (Å²) in [5, 5.41) is 2.54. The number of amides is 1. The minimum atomic E-state index is -4.69. The first kappa shape index (κ1) is 18.0. The van der Waals surface area contributed by atoms with Crippen LogP contribution in [0.5, 0.6) is 0 Å². The van der Waals surface area contributed by atoms with Gasteiger partial charge in [-0.05, 0) is 48.4 Å². The highest BCUT2D eigenvalue weighted by Gasteiger charge is 2.26. The van der Waals surface area contributed by atoms with E-state index in [0.29, 0.717) is 11.1 Å². The summed E-state index contributed by atoms with van der Waals surface area (Å²) in [7, 11) is -4.69. The zero-order valence-electron chi connectivity index (χ0n) is 12.6. The molecule has 0 spiro atoms. The number of hydrogen-bond donors (Lipinski definition) is 1. The first-order valence-electron chi connectivity index (χ1n) is 6.87. The molecule has 0 aliphatic heterocycles. The van der Waals surface area contributed by atoms with Crippen LogP contribution in [0.2, 0.25) is 0 Å². The molecular formula is C16H14F3NO3S. The van der Waals surface area contributed by atoms with E-state index in [1.165, 1.54) is 6.07 Å². The predicted molar refractivity (Wildman–Crippen MR) is 81.9 cm³/mol. The zero-order valence-corrected chi connectivity index (χ0v) is 13.4. The quantitative estimate of drug-likeness (QED) is 0.895. The maximum absolute atomic E-state index is 13.4. The van der Waals surface area contributed by atoms with Crippen LogP contribution in [-0.2, 0) is 16.4 Å². The second kappa shape index (κ2) is 7.04. The standard InChI is InChI=1S/C16H14F3NO3S/c1-10-2-3-11(8-14(10)17)9-20-15(21)12-4-6-13(7-5-12)24(22,23)16(18)19/h2-8,16H,9H2,1H3,(H,20,21). The lowest BCUT2D eigenvalue weighted by atomic mass is 10.1. The van der Waals surface area contributed by atoms with Crippen molar-refractivity contribution in [1.82, 2.24) is 5.32 Å². The summed E-state index contributed by atoms with van der Waals surface area (Å²) in [4.78, 5) is 11.4. The lowest BCUT2D eigenvalue weighted by Crippen LogP contribution is -2.23. The lowest BCUT2D eigenvalue weighted by molar-refractivity contribution is 0.0950. The number of rotatable bonds is 5. The van der Waals surface area contributed by atoms with Gasteiger partial charge in [0, 0.05) is 12.1 Å². The fraction of sp³-hybridized carbons (Fsp3) is 0.188. The zero-order chi connectivity index (χ0) is 17.9. The van der Waals surface area contributed by atoms with Gasteiger partial charge in [0.15, 0.2) is 0 Å². The Bertz CT molecular complexity index is 849. The molecule has 4 nitrogen and oxygen atoms in total. The average molecular weight is 357 g/mol. The van der Waals surface area contributed by atoms with Crippen LogP contribution >= 0.6 is 0 Å². The molecule has 0 saturated heterocycles. The minimum absolute atomic E-state index is 0.0765. The van der Waals surface area contributed by atoms with E-state index in [-0.39, 0.29) is 17.9 Å². The molecule has 1 amide bonds. The molecule has 2 aromatic rings. The lowest BCUT2D eigenvalue weighted by Gasteiger charge is -2.08. The van der Waals surface area contributed by atoms with Crippen LogP contribution in [0.4, 0.5) is 13.2 Å². The molecule has 0 bridgehead atoms. The van der Waals surface area contributed by atoms with Gasteiger partial charge < -0.3 is 5.32 Å². The van der Waals surface area contributed by atoms with Gasteiger partial charge in [0.1, 0.15) is 5.82 Å². The Morgan fingerprint density at radius 2 is 1.75 bits per heavy atom. The van der Waals surface area contributed by atoms with E-state index in [1.54, 1.807) is 19.1 Å². The third-order valence-electron chi connectivity index (χ3n) is 3.37. The van der Waals surface area contributed by atoms with Gasteiger partial charge >= 0.3 is 5.76 Å². The Hall–Kier alpha value is -2.35. The van der Waals surface area contributed by atoms with Crippen molar-refractivity contribution in [1.29, 1.82) is 0 Å². The van der Waals surface area contributed by atoms with Crippen LogP contribution in [0.1, 0.15) is 21.5 Å². The van der Waals surface area contributed by atoms with Crippen molar-refractivity contribution in [3.05, 3.63) is 65.0 Å². The molecule has 8 heteroatoms. The highest BCUT2D eigenvalue weighted by atomic mass is 32.2. The summed E-state index contributed by atoms with van der Waals surface area (Å²) in [5.74, 6) is -4.44. The van der Waals surface area contributed by atoms with Crippen LogP contribution < -0.4 is 5.32 Å². The van der Waals surface area contributed by atoms with Gasteiger partial charge in [-0.15, -0.1) is 0 Å². The molecule has 0 unspecified atom stereocenters. The van der Waals surface area contributed by atoms with E-state index in [1.807, 2.05) is 0 Å². The Morgan fingerprint density at radius 1 is 1.12 bits per heavy atom. The molecule has 0 radical (unpaired) electrons. The second-order valence-corrected chi connectivity index (χ2v) is 7.01. The summed E-state index contributed by atoms with van der Waals surface area (Å²) in [6.07, 6.45) is 0. The van der Waals surface area contributed by atoms with Gasteiger partial charge in [0.05, 0.1) is 4.90 Å². The molecule has 2 rings (SSSR count). The highest BCUT2D eigenvalue weighted by Crippen LogP contribution is 2.18. The molecule has 0 atom stereocenters.